The molecule has 6 nitrogen and oxygen atoms in total. The highest BCUT2D eigenvalue weighted by Crippen LogP contribution is 2.17. The zero-order chi connectivity index (χ0) is 25.3. The minimum absolute atomic E-state index is 0.163. The van der Waals surface area contributed by atoms with E-state index in [-0.39, 0.29) is 31.4 Å². The smallest absolute Gasteiger partial charge is 0.325 e. The number of ether oxygens (including phenoxy) is 2. The second-order valence-corrected chi connectivity index (χ2v) is 8.78. The van der Waals surface area contributed by atoms with Crippen LogP contribution in [-0.4, -0.2) is 31.0 Å². The highest BCUT2D eigenvalue weighted by molar-refractivity contribution is 5.84. The fraction of sp³-hybridized carbons (Fsp3) is 0.483. The van der Waals surface area contributed by atoms with E-state index < -0.39 is 11.9 Å². The van der Waals surface area contributed by atoms with Crippen molar-refractivity contribution < 1.29 is 23.9 Å². The van der Waals surface area contributed by atoms with Crippen LogP contribution in [-0.2, 0) is 43.3 Å². The molecule has 0 spiro atoms. The number of esters is 2. The van der Waals surface area contributed by atoms with E-state index in [0.29, 0.717) is 25.9 Å². The van der Waals surface area contributed by atoms with Gasteiger partial charge in [0, 0.05) is 12.3 Å². The Balaban J connectivity index is 1.87. The Bertz CT molecular complexity index is 895. The first-order chi connectivity index (χ1) is 17.0. The maximum absolute atomic E-state index is 12.9. The van der Waals surface area contributed by atoms with Gasteiger partial charge in [-0.15, -0.1) is 0 Å². The van der Waals surface area contributed by atoms with Gasteiger partial charge >= 0.3 is 11.9 Å². The van der Waals surface area contributed by atoms with Gasteiger partial charge in [0.1, 0.15) is 13.2 Å². The van der Waals surface area contributed by atoms with Crippen molar-refractivity contribution >= 4 is 17.8 Å². The summed E-state index contributed by atoms with van der Waals surface area (Å²) >= 11 is 0. The number of carbonyl (C=O) groups is 3. The van der Waals surface area contributed by atoms with Gasteiger partial charge in [0.2, 0.25) is 5.91 Å². The van der Waals surface area contributed by atoms with Gasteiger partial charge in [-0.3, -0.25) is 14.4 Å². The summed E-state index contributed by atoms with van der Waals surface area (Å²) in [5.41, 5.74) is 3.33. The minimum Gasteiger partial charge on any atom is -0.466 e. The molecule has 2 rings (SSSR count). The van der Waals surface area contributed by atoms with Gasteiger partial charge < -0.3 is 14.8 Å². The monoisotopic (exact) mass is 481 g/mol. The standard InChI is InChI=1S/C29H39NO5/c1-3-5-20-34-27(31)19-18-26(17-16-24-14-12-23(9-4-2)13-15-24)29(33)30-21-28(32)35-22-25-10-7-6-8-11-25/h6-8,10-15,26H,3-5,9,16-22H2,1-2H3,(H,30,33)/t26-/m1/s1. The summed E-state index contributed by atoms with van der Waals surface area (Å²) in [7, 11) is 0. The number of aryl methyl sites for hydroxylation is 2. The van der Waals surface area contributed by atoms with E-state index in [1.807, 2.05) is 37.3 Å². The van der Waals surface area contributed by atoms with Gasteiger partial charge in [-0.2, -0.15) is 0 Å². The van der Waals surface area contributed by atoms with Crippen molar-refractivity contribution in [2.45, 2.75) is 71.8 Å². The van der Waals surface area contributed by atoms with Gasteiger partial charge in [0.15, 0.2) is 0 Å². The fourth-order valence-electron chi connectivity index (χ4n) is 3.70. The molecule has 1 N–H and O–H groups in total. The van der Waals surface area contributed by atoms with Crippen LogP contribution in [0.5, 0.6) is 0 Å². The molecule has 0 aliphatic carbocycles. The predicted octanol–water partition coefficient (Wildman–Crippen LogP) is 5.17. The Hall–Kier alpha value is -3.15. The average molecular weight is 482 g/mol. The Morgan fingerprint density at radius 1 is 0.771 bits per heavy atom. The summed E-state index contributed by atoms with van der Waals surface area (Å²) in [4.78, 5) is 37.1. The van der Waals surface area contributed by atoms with Gasteiger partial charge in [-0.05, 0) is 48.8 Å². The van der Waals surface area contributed by atoms with Crippen LogP contribution in [0.4, 0.5) is 0 Å². The molecule has 0 aliphatic rings. The molecule has 0 heterocycles. The van der Waals surface area contributed by atoms with Crippen molar-refractivity contribution in [1.82, 2.24) is 5.32 Å². The Morgan fingerprint density at radius 3 is 2.11 bits per heavy atom. The number of nitrogens with one attached hydrogen (secondary N) is 1. The van der Waals surface area contributed by atoms with Gasteiger partial charge in [-0.25, -0.2) is 0 Å². The number of amides is 1. The Labute approximate surface area is 209 Å². The third-order valence-electron chi connectivity index (χ3n) is 5.82. The first-order valence-corrected chi connectivity index (χ1v) is 12.7. The van der Waals surface area contributed by atoms with Crippen molar-refractivity contribution in [1.29, 1.82) is 0 Å². The number of hydrogen-bond acceptors (Lipinski definition) is 5. The minimum atomic E-state index is -0.494. The number of hydrogen-bond donors (Lipinski definition) is 1. The summed E-state index contributed by atoms with van der Waals surface area (Å²) in [5, 5.41) is 2.69. The molecule has 6 heteroatoms. The maximum atomic E-state index is 12.9. The predicted molar refractivity (Wildman–Crippen MR) is 137 cm³/mol. The molecule has 0 radical (unpaired) electrons. The van der Waals surface area contributed by atoms with Crippen LogP contribution in [0.3, 0.4) is 0 Å². The van der Waals surface area contributed by atoms with E-state index in [9.17, 15) is 14.4 Å². The van der Waals surface area contributed by atoms with Crippen LogP contribution in [0.25, 0.3) is 0 Å². The summed E-state index contributed by atoms with van der Waals surface area (Å²) in [5.74, 6) is -1.43. The van der Waals surface area contributed by atoms with Crippen LogP contribution in [0.15, 0.2) is 54.6 Å². The molecular formula is C29H39NO5. The number of carbonyl (C=O) groups excluding carboxylic acids is 3. The largest absolute Gasteiger partial charge is 0.466 e. The quantitative estimate of drug-likeness (QED) is 0.264. The van der Waals surface area contributed by atoms with Crippen LogP contribution in [0.2, 0.25) is 0 Å². The number of benzene rings is 2. The summed E-state index contributed by atoms with van der Waals surface area (Å²) in [6, 6.07) is 17.8. The first-order valence-electron chi connectivity index (χ1n) is 12.7. The van der Waals surface area contributed by atoms with Crippen LogP contribution < -0.4 is 5.32 Å². The average Bonchev–Trinajstić information content (AvgIpc) is 2.88. The molecule has 0 saturated carbocycles. The summed E-state index contributed by atoms with van der Waals surface area (Å²) in [6.07, 6.45) is 5.79. The SMILES string of the molecule is CCCCOC(=O)CC[C@@H](CCc1ccc(CCC)cc1)C(=O)NCC(=O)OCc1ccccc1. The molecule has 1 atom stereocenters. The van der Waals surface area contributed by atoms with E-state index in [1.165, 1.54) is 5.56 Å². The molecule has 190 valence electrons. The zero-order valence-corrected chi connectivity index (χ0v) is 21.1. The summed E-state index contributed by atoms with van der Waals surface area (Å²) in [6.45, 7) is 4.56. The first kappa shape index (κ1) is 28.1. The zero-order valence-electron chi connectivity index (χ0n) is 21.1. The molecule has 0 aliphatic heterocycles. The molecule has 0 bridgehead atoms. The lowest BCUT2D eigenvalue weighted by Gasteiger charge is -2.17. The molecule has 35 heavy (non-hydrogen) atoms. The third kappa shape index (κ3) is 11.7. The van der Waals surface area contributed by atoms with Crippen LogP contribution in [0.1, 0.15) is 69.1 Å². The Morgan fingerprint density at radius 2 is 1.46 bits per heavy atom. The molecule has 0 fully saturated rings. The molecule has 1 amide bonds. The van der Waals surface area contributed by atoms with Crippen LogP contribution >= 0.6 is 0 Å². The van der Waals surface area contributed by atoms with Crippen molar-refractivity contribution in [2.75, 3.05) is 13.2 Å². The number of rotatable bonds is 16. The molecule has 0 unspecified atom stereocenters. The van der Waals surface area contributed by atoms with Crippen molar-refractivity contribution in [3.05, 3.63) is 71.3 Å². The normalized spacial score (nSPS) is 11.5. The Kier molecular flexibility index (Phi) is 13.2. The van der Waals surface area contributed by atoms with Gasteiger partial charge in [-0.1, -0.05) is 81.3 Å². The molecule has 0 aromatic heterocycles. The molecule has 0 saturated heterocycles. The van der Waals surface area contributed by atoms with E-state index in [4.69, 9.17) is 9.47 Å². The van der Waals surface area contributed by atoms with Crippen molar-refractivity contribution in [3.63, 3.8) is 0 Å². The lowest BCUT2D eigenvalue weighted by Crippen LogP contribution is -2.36. The van der Waals surface area contributed by atoms with Gasteiger partial charge in [0.25, 0.3) is 0 Å². The number of unbranched alkanes of at least 4 members (excludes halogenated alkanes) is 1. The van der Waals surface area contributed by atoms with E-state index >= 15 is 0 Å². The lowest BCUT2D eigenvalue weighted by atomic mass is 9.93. The van der Waals surface area contributed by atoms with Crippen LogP contribution in [0, 0.1) is 5.92 Å². The second kappa shape index (κ2) is 16.5. The van der Waals surface area contributed by atoms with E-state index in [1.54, 1.807) is 0 Å². The topological polar surface area (TPSA) is 81.7 Å². The van der Waals surface area contributed by atoms with E-state index in [0.717, 1.165) is 36.8 Å². The van der Waals surface area contributed by atoms with Crippen molar-refractivity contribution in [2.24, 2.45) is 5.92 Å². The summed E-state index contributed by atoms with van der Waals surface area (Å²) < 4.78 is 10.5. The highest BCUT2D eigenvalue weighted by Gasteiger charge is 2.21. The second-order valence-electron chi connectivity index (χ2n) is 8.78. The third-order valence-corrected chi connectivity index (χ3v) is 5.82. The molecule has 2 aromatic carbocycles. The fourth-order valence-corrected chi connectivity index (χ4v) is 3.70. The van der Waals surface area contributed by atoms with Gasteiger partial charge in [0.05, 0.1) is 6.61 Å². The van der Waals surface area contributed by atoms with Crippen molar-refractivity contribution in [3.8, 4) is 0 Å². The molecular weight excluding hydrogens is 442 g/mol. The molecule has 2 aromatic rings. The maximum Gasteiger partial charge on any atom is 0.325 e. The highest BCUT2D eigenvalue weighted by atomic mass is 16.5. The lowest BCUT2D eigenvalue weighted by molar-refractivity contribution is -0.146. The van der Waals surface area contributed by atoms with E-state index in [2.05, 4.69) is 36.5 Å².